The van der Waals surface area contributed by atoms with E-state index >= 15 is 0 Å². The lowest BCUT2D eigenvalue weighted by Crippen LogP contribution is -2.31. The van der Waals surface area contributed by atoms with Gasteiger partial charge in [-0.05, 0) is 30.5 Å². The standard InChI is InChI=1S/C19H23NO3/c21-14-7-13-20-19(22)18(16-8-3-1-4-9-16)12-15-23-17-10-5-2-6-11-17/h1-6,8-11,18,21H,7,12-15H2,(H,20,22). The van der Waals surface area contributed by atoms with Crippen molar-refractivity contribution in [2.75, 3.05) is 19.8 Å². The van der Waals surface area contributed by atoms with Gasteiger partial charge in [0.2, 0.25) is 5.91 Å². The van der Waals surface area contributed by atoms with Crippen LogP contribution in [0, 0.1) is 0 Å². The summed E-state index contributed by atoms with van der Waals surface area (Å²) < 4.78 is 5.71. The van der Waals surface area contributed by atoms with Gasteiger partial charge in [0, 0.05) is 13.2 Å². The third-order valence-corrected chi connectivity index (χ3v) is 3.57. The Hall–Kier alpha value is -2.33. The van der Waals surface area contributed by atoms with E-state index in [4.69, 9.17) is 9.84 Å². The first kappa shape index (κ1) is 17.0. The summed E-state index contributed by atoms with van der Waals surface area (Å²) in [5, 5.41) is 11.7. The van der Waals surface area contributed by atoms with E-state index in [1.165, 1.54) is 0 Å². The van der Waals surface area contributed by atoms with Gasteiger partial charge in [0.25, 0.3) is 0 Å². The van der Waals surface area contributed by atoms with Crippen LogP contribution in [0.1, 0.15) is 24.3 Å². The topological polar surface area (TPSA) is 58.6 Å². The molecule has 0 aromatic heterocycles. The molecular formula is C19H23NO3. The summed E-state index contributed by atoms with van der Waals surface area (Å²) in [4.78, 5) is 12.4. The highest BCUT2D eigenvalue weighted by atomic mass is 16.5. The number of aliphatic hydroxyl groups excluding tert-OH is 1. The van der Waals surface area contributed by atoms with Crippen molar-refractivity contribution in [3.8, 4) is 5.75 Å². The molecule has 1 atom stereocenters. The Morgan fingerprint density at radius 3 is 2.35 bits per heavy atom. The van der Waals surface area contributed by atoms with E-state index in [1.807, 2.05) is 60.7 Å². The molecule has 0 aliphatic carbocycles. The number of rotatable bonds is 9. The summed E-state index contributed by atoms with van der Waals surface area (Å²) in [6, 6.07) is 19.3. The Balaban J connectivity index is 1.94. The largest absolute Gasteiger partial charge is 0.494 e. The zero-order chi connectivity index (χ0) is 16.3. The molecule has 1 amide bonds. The summed E-state index contributed by atoms with van der Waals surface area (Å²) in [5.41, 5.74) is 0.977. The third kappa shape index (κ3) is 5.75. The van der Waals surface area contributed by atoms with Crippen LogP contribution in [0.5, 0.6) is 5.75 Å². The molecular weight excluding hydrogens is 290 g/mol. The van der Waals surface area contributed by atoms with E-state index < -0.39 is 0 Å². The van der Waals surface area contributed by atoms with Crippen LogP contribution < -0.4 is 10.1 Å². The molecule has 0 aliphatic rings. The number of nitrogens with one attached hydrogen (secondary N) is 1. The molecule has 0 saturated heterocycles. The van der Waals surface area contributed by atoms with Gasteiger partial charge in [-0.15, -0.1) is 0 Å². The third-order valence-electron chi connectivity index (χ3n) is 3.57. The van der Waals surface area contributed by atoms with Crippen LogP contribution >= 0.6 is 0 Å². The average molecular weight is 313 g/mol. The molecule has 122 valence electrons. The lowest BCUT2D eigenvalue weighted by Gasteiger charge is -2.17. The molecule has 23 heavy (non-hydrogen) atoms. The van der Waals surface area contributed by atoms with Crippen molar-refractivity contribution in [1.82, 2.24) is 5.32 Å². The number of carbonyl (C=O) groups excluding carboxylic acids is 1. The monoisotopic (exact) mass is 313 g/mol. The summed E-state index contributed by atoms with van der Waals surface area (Å²) in [6.07, 6.45) is 1.16. The highest BCUT2D eigenvalue weighted by molar-refractivity contribution is 5.83. The van der Waals surface area contributed by atoms with Crippen LogP contribution in [0.4, 0.5) is 0 Å². The first-order valence-corrected chi connectivity index (χ1v) is 7.92. The Labute approximate surface area is 137 Å². The van der Waals surface area contributed by atoms with Gasteiger partial charge >= 0.3 is 0 Å². The van der Waals surface area contributed by atoms with Crippen LogP contribution in [0.3, 0.4) is 0 Å². The van der Waals surface area contributed by atoms with E-state index in [0.717, 1.165) is 11.3 Å². The van der Waals surface area contributed by atoms with E-state index in [-0.39, 0.29) is 18.4 Å². The van der Waals surface area contributed by atoms with Crippen LogP contribution in [0.25, 0.3) is 0 Å². The Bertz CT molecular complexity index is 572. The molecule has 4 heteroatoms. The zero-order valence-electron chi connectivity index (χ0n) is 13.2. The maximum Gasteiger partial charge on any atom is 0.227 e. The van der Waals surface area contributed by atoms with E-state index in [2.05, 4.69) is 5.32 Å². The second kappa shape index (κ2) is 9.64. The molecule has 0 aliphatic heterocycles. The number of para-hydroxylation sites is 1. The molecule has 4 nitrogen and oxygen atoms in total. The van der Waals surface area contributed by atoms with Gasteiger partial charge in [0.15, 0.2) is 0 Å². The molecule has 0 spiro atoms. The maximum absolute atomic E-state index is 12.4. The SMILES string of the molecule is O=C(NCCCO)C(CCOc1ccccc1)c1ccccc1. The Kier molecular flexibility index (Phi) is 7.14. The second-order valence-electron chi connectivity index (χ2n) is 5.28. The van der Waals surface area contributed by atoms with Crippen molar-refractivity contribution in [1.29, 1.82) is 0 Å². The number of ether oxygens (including phenoxy) is 1. The predicted molar refractivity (Wildman–Crippen MR) is 90.4 cm³/mol. The maximum atomic E-state index is 12.4. The highest BCUT2D eigenvalue weighted by Crippen LogP contribution is 2.20. The van der Waals surface area contributed by atoms with Crippen molar-refractivity contribution in [2.24, 2.45) is 0 Å². The quantitative estimate of drug-likeness (QED) is 0.700. The van der Waals surface area contributed by atoms with Crippen LogP contribution in [0.15, 0.2) is 60.7 Å². The summed E-state index contributed by atoms with van der Waals surface area (Å²) in [6.45, 7) is 1.03. The summed E-state index contributed by atoms with van der Waals surface area (Å²) >= 11 is 0. The van der Waals surface area contributed by atoms with Crippen molar-refractivity contribution in [3.05, 3.63) is 66.2 Å². The van der Waals surface area contributed by atoms with Gasteiger partial charge in [-0.3, -0.25) is 4.79 Å². The Morgan fingerprint density at radius 2 is 1.70 bits per heavy atom. The molecule has 0 radical (unpaired) electrons. The molecule has 0 fully saturated rings. The van der Waals surface area contributed by atoms with Gasteiger partial charge in [-0.25, -0.2) is 0 Å². The average Bonchev–Trinajstić information content (AvgIpc) is 2.60. The number of amides is 1. The van der Waals surface area contributed by atoms with Crippen LogP contribution in [0.2, 0.25) is 0 Å². The fourth-order valence-electron chi connectivity index (χ4n) is 2.36. The molecule has 1 unspecified atom stereocenters. The van der Waals surface area contributed by atoms with E-state index in [1.54, 1.807) is 0 Å². The Morgan fingerprint density at radius 1 is 1.04 bits per heavy atom. The minimum Gasteiger partial charge on any atom is -0.494 e. The lowest BCUT2D eigenvalue weighted by molar-refractivity contribution is -0.122. The number of benzene rings is 2. The number of carbonyl (C=O) groups is 1. The molecule has 0 saturated carbocycles. The molecule has 2 aromatic rings. The highest BCUT2D eigenvalue weighted by Gasteiger charge is 2.20. The van der Waals surface area contributed by atoms with Crippen molar-refractivity contribution >= 4 is 5.91 Å². The lowest BCUT2D eigenvalue weighted by atomic mass is 9.95. The van der Waals surface area contributed by atoms with E-state index in [9.17, 15) is 4.79 Å². The van der Waals surface area contributed by atoms with Crippen LogP contribution in [-0.2, 0) is 4.79 Å². The number of hydrogen-bond acceptors (Lipinski definition) is 3. The second-order valence-corrected chi connectivity index (χ2v) is 5.28. The van der Waals surface area contributed by atoms with Crippen LogP contribution in [-0.4, -0.2) is 30.8 Å². The molecule has 0 bridgehead atoms. The fraction of sp³-hybridized carbons (Fsp3) is 0.316. The summed E-state index contributed by atoms with van der Waals surface area (Å²) in [7, 11) is 0. The number of aliphatic hydroxyl groups is 1. The first-order valence-electron chi connectivity index (χ1n) is 7.92. The molecule has 0 heterocycles. The predicted octanol–water partition coefficient (Wildman–Crippen LogP) is 2.74. The van der Waals surface area contributed by atoms with Crippen molar-refractivity contribution in [3.63, 3.8) is 0 Å². The molecule has 2 N–H and O–H groups in total. The smallest absolute Gasteiger partial charge is 0.227 e. The van der Waals surface area contributed by atoms with Gasteiger partial charge in [-0.2, -0.15) is 0 Å². The molecule has 2 aromatic carbocycles. The van der Waals surface area contributed by atoms with E-state index in [0.29, 0.717) is 26.0 Å². The van der Waals surface area contributed by atoms with Gasteiger partial charge in [0.1, 0.15) is 5.75 Å². The molecule has 2 rings (SSSR count). The van der Waals surface area contributed by atoms with Gasteiger partial charge in [-0.1, -0.05) is 48.5 Å². The minimum atomic E-state index is -0.251. The summed E-state index contributed by atoms with van der Waals surface area (Å²) in [5.74, 6) is 0.528. The fourth-order valence-corrected chi connectivity index (χ4v) is 2.36. The zero-order valence-corrected chi connectivity index (χ0v) is 13.2. The van der Waals surface area contributed by atoms with Crippen molar-refractivity contribution in [2.45, 2.75) is 18.8 Å². The van der Waals surface area contributed by atoms with Gasteiger partial charge in [0.05, 0.1) is 12.5 Å². The van der Waals surface area contributed by atoms with Gasteiger partial charge < -0.3 is 15.2 Å². The number of hydrogen-bond donors (Lipinski definition) is 2. The van der Waals surface area contributed by atoms with Crippen molar-refractivity contribution < 1.29 is 14.6 Å². The minimum absolute atomic E-state index is 0.0266. The normalized spacial score (nSPS) is 11.7. The first-order chi connectivity index (χ1) is 11.3.